The molecule has 2 aromatic rings. The number of carbonyl (C=O) groups excluding carboxylic acids is 1. The highest BCUT2D eigenvalue weighted by atomic mass is 35.5. The average Bonchev–Trinajstić information content (AvgIpc) is 3.17. The van der Waals surface area contributed by atoms with Crippen LogP contribution in [-0.4, -0.2) is 52.0 Å². The third kappa shape index (κ3) is 4.07. The monoisotopic (exact) mass is 375 g/mol. The van der Waals surface area contributed by atoms with Gasteiger partial charge >= 0.3 is 0 Å². The van der Waals surface area contributed by atoms with Gasteiger partial charge in [-0.1, -0.05) is 35.9 Å². The average molecular weight is 376 g/mol. The van der Waals surface area contributed by atoms with Crippen LogP contribution in [-0.2, 0) is 0 Å². The van der Waals surface area contributed by atoms with Crippen molar-refractivity contribution in [2.75, 3.05) is 20.1 Å². The van der Waals surface area contributed by atoms with E-state index < -0.39 is 0 Å². The predicted molar refractivity (Wildman–Crippen MR) is 103 cm³/mol. The maximum atomic E-state index is 12.8. The van der Waals surface area contributed by atoms with E-state index in [2.05, 4.69) is 29.5 Å². The minimum Gasteiger partial charge on any atom is -0.337 e. The van der Waals surface area contributed by atoms with Crippen molar-refractivity contribution < 1.29 is 4.79 Å². The van der Waals surface area contributed by atoms with Crippen molar-refractivity contribution in [2.24, 2.45) is 0 Å². The van der Waals surface area contributed by atoms with Gasteiger partial charge in [0.1, 0.15) is 0 Å². The summed E-state index contributed by atoms with van der Waals surface area (Å²) in [5.74, 6) is 0.0826. The molecular weight excluding hydrogens is 350 g/mol. The number of piperidine rings is 1. The summed E-state index contributed by atoms with van der Waals surface area (Å²) in [7, 11) is 1.82. The Bertz CT molecular complexity index is 739. The lowest BCUT2D eigenvalue weighted by Crippen LogP contribution is -2.38. The first kappa shape index (κ1) is 18.9. The molecule has 1 aromatic heterocycles. The van der Waals surface area contributed by atoms with Crippen LogP contribution in [0.1, 0.15) is 54.7 Å². The number of amides is 1. The molecule has 1 aliphatic rings. The van der Waals surface area contributed by atoms with Crippen LogP contribution in [0.2, 0.25) is 5.02 Å². The Morgan fingerprint density at radius 2 is 1.92 bits per heavy atom. The quantitative estimate of drug-likeness (QED) is 0.872. The molecule has 1 aliphatic heterocycles. The second-order valence-electron chi connectivity index (χ2n) is 7.06. The van der Waals surface area contributed by atoms with Crippen LogP contribution in [0.5, 0.6) is 0 Å². The number of halogens is 1. The molecule has 26 heavy (non-hydrogen) atoms. The molecule has 0 aliphatic carbocycles. The second kappa shape index (κ2) is 8.18. The van der Waals surface area contributed by atoms with Crippen molar-refractivity contribution in [1.29, 1.82) is 0 Å². The van der Waals surface area contributed by atoms with Gasteiger partial charge in [0, 0.05) is 24.0 Å². The molecule has 1 saturated heterocycles. The van der Waals surface area contributed by atoms with Crippen LogP contribution in [0.25, 0.3) is 0 Å². The highest BCUT2D eigenvalue weighted by Crippen LogP contribution is 2.25. The van der Waals surface area contributed by atoms with Gasteiger partial charge in [-0.2, -0.15) is 0 Å². The summed E-state index contributed by atoms with van der Waals surface area (Å²) in [6.07, 6.45) is 3.81. The van der Waals surface area contributed by atoms with Crippen molar-refractivity contribution >= 4 is 17.5 Å². The van der Waals surface area contributed by atoms with Crippen LogP contribution >= 0.6 is 11.6 Å². The fourth-order valence-electron chi connectivity index (χ4n) is 3.37. The Morgan fingerprint density at radius 3 is 2.58 bits per heavy atom. The fourth-order valence-corrected chi connectivity index (χ4v) is 3.50. The number of hydrogen-bond acceptors (Lipinski definition) is 4. The molecule has 1 amide bonds. The molecule has 3 rings (SSSR count). The maximum absolute atomic E-state index is 12.8. The minimum absolute atomic E-state index is 0.0210. The van der Waals surface area contributed by atoms with Gasteiger partial charge in [0.15, 0.2) is 5.69 Å². The van der Waals surface area contributed by atoms with E-state index in [1.54, 1.807) is 11.1 Å². The number of carbonyl (C=O) groups is 1. The molecule has 2 heterocycles. The molecule has 1 aromatic carbocycles. The Balaban J connectivity index is 1.68. The van der Waals surface area contributed by atoms with E-state index in [1.165, 1.54) is 0 Å². The van der Waals surface area contributed by atoms with Gasteiger partial charge in [-0.25, -0.2) is 4.68 Å². The first-order valence-electron chi connectivity index (χ1n) is 9.12. The van der Waals surface area contributed by atoms with Crippen LogP contribution in [0.15, 0.2) is 30.5 Å². The van der Waals surface area contributed by atoms with E-state index in [-0.39, 0.29) is 17.9 Å². The molecule has 1 N–H and O–H groups in total. The highest BCUT2D eigenvalue weighted by Gasteiger charge is 2.26. The van der Waals surface area contributed by atoms with Crippen molar-refractivity contribution in [1.82, 2.24) is 25.2 Å². The summed E-state index contributed by atoms with van der Waals surface area (Å²) in [6.45, 7) is 6.12. The van der Waals surface area contributed by atoms with E-state index >= 15 is 0 Å². The third-order valence-corrected chi connectivity index (χ3v) is 5.71. The van der Waals surface area contributed by atoms with E-state index in [1.807, 2.05) is 36.0 Å². The number of likely N-dealkylation sites (N-methyl/N-ethyl adjacent to an activating group) is 1. The maximum Gasteiger partial charge on any atom is 0.276 e. The summed E-state index contributed by atoms with van der Waals surface area (Å²) in [6, 6.07) is 8.12. The molecule has 6 nitrogen and oxygen atoms in total. The Hall–Kier alpha value is -1.92. The lowest BCUT2D eigenvalue weighted by Gasteiger charge is -2.29. The Morgan fingerprint density at radius 1 is 1.27 bits per heavy atom. The number of aromatic nitrogens is 3. The number of hydrogen-bond donors (Lipinski definition) is 1. The zero-order valence-corrected chi connectivity index (χ0v) is 16.3. The molecule has 0 spiro atoms. The molecule has 0 saturated carbocycles. The number of rotatable bonds is 5. The molecule has 2 unspecified atom stereocenters. The standard InChI is InChI=1S/C19H26ClN5O/c1-13(15-4-6-16(20)7-5-15)14(2)24(3)19(26)18-12-25(23-22-18)17-8-10-21-11-9-17/h4-7,12-14,17,21H,8-11H2,1-3H3. The predicted octanol–water partition coefficient (Wildman–Crippen LogP) is 3.12. The van der Waals surface area contributed by atoms with Crippen molar-refractivity contribution in [3.8, 4) is 0 Å². The van der Waals surface area contributed by atoms with E-state index in [4.69, 9.17) is 11.6 Å². The van der Waals surface area contributed by atoms with Crippen LogP contribution in [0, 0.1) is 0 Å². The molecule has 0 radical (unpaired) electrons. The van der Waals surface area contributed by atoms with E-state index in [9.17, 15) is 4.79 Å². The van der Waals surface area contributed by atoms with Gasteiger partial charge < -0.3 is 10.2 Å². The first-order valence-corrected chi connectivity index (χ1v) is 9.50. The topological polar surface area (TPSA) is 63.1 Å². The summed E-state index contributed by atoms with van der Waals surface area (Å²) in [4.78, 5) is 14.6. The van der Waals surface area contributed by atoms with Gasteiger partial charge in [0.25, 0.3) is 5.91 Å². The SMILES string of the molecule is CC(c1ccc(Cl)cc1)C(C)N(C)C(=O)c1cn(C2CCNCC2)nn1. The smallest absolute Gasteiger partial charge is 0.276 e. The molecule has 2 atom stereocenters. The van der Waals surface area contributed by atoms with E-state index in [0.717, 1.165) is 31.5 Å². The number of benzene rings is 1. The van der Waals surface area contributed by atoms with Gasteiger partial charge in [-0.3, -0.25) is 4.79 Å². The molecule has 140 valence electrons. The van der Waals surface area contributed by atoms with Gasteiger partial charge in [-0.15, -0.1) is 5.10 Å². The summed E-state index contributed by atoms with van der Waals surface area (Å²) in [5, 5.41) is 12.4. The zero-order valence-electron chi connectivity index (χ0n) is 15.5. The Kier molecular flexibility index (Phi) is 5.94. The second-order valence-corrected chi connectivity index (χ2v) is 7.50. The molecule has 0 bridgehead atoms. The number of nitrogens with zero attached hydrogens (tertiary/aromatic N) is 4. The van der Waals surface area contributed by atoms with Crippen molar-refractivity contribution in [2.45, 2.75) is 44.7 Å². The van der Waals surface area contributed by atoms with E-state index in [0.29, 0.717) is 16.8 Å². The third-order valence-electron chi connectivity index (χ3n) is 5.46. The van der Waals surface area contributed by atoms with Crippen LogP contribution < -0.4 is 5.32 Å². The Labute approximate surface area is 159 Å². The fraction of sp³-hybridized carbons (Fsp3) is 0.526. The summed E-state index contributed by atoms with van der Waals surface area (Å²) < 4.78 is 1.84. The molecular formula is C19H26ClN5O. The minimum atomic E-state index is -0.0986. The molecule has 1 fully saturated rings. The highest BCUT2D eigenvalue weighted by molar-refractivity contribution is 6.30. The number of nitrogens with one attached hydrogen (secondary N) is 1. The van der Waals surface area contributed by atoms with Crippen molar-refractivity contribution in [3.63, 3.8) is 0 Å². The lowest BCUT2D eigenvalue weighted by molar-refractivity contribution is 0.0720. The van der Waals surface area contributed by atoms with Crippen molar-refractivity contribution in [3.05, 3.63) is 46.7 Å². The lowest BCUT2D eigenvalue weighted by atomic mass is 9.93. The van der Waals surface area contributed by atoms with Gasteiger partial charge in [0.2, 0.25) is 0 Å². The molecule has 7 heteroatoms. The van der Waals surface area contributed by atoms with Gasteiger partial charge in [-0.05, 0) is 50.6 Å². The van der Waals surface area contributed by atoms with Crippen LogP contribution in [0.3, 0.4) is 0 Å². The normalized spacial score (nSPS) is 17.7. The largest absolute Gasteiger partial charge is 0.337 e. The zero-order chi connectivity index (χ0) is 18.7. The van der Waals surface area contributed by atoms with Gasteiger partial charge in [0.05, 0.1) is 12.2 Å². The van der Waals surface area contributed by atoms with Crippen LogP contribution in [0.4, 0.5) is 0 Å². The summed E-state index contributed by atoms with van der Waals surface area (Å²) in [5.41, 5.74) is 1.56. The summed E-state index contributed by atoms with van der Waals surface area (Å²) >= 11 is 5.97. The first-order chi connectivity index (χ1) is 12.5.